The molecule has 2 N–H and O–H groups in total. The fourth-order valence-electron chi connectivity index (χ4n) is 2.86. The minimum absolute atomic E-state index is 0.141. The van der Waals surface area contributed by atoms with Crippen molar-refractivity contribution in [2.75, 3.05) is 6.54 Å². The molecule has 5 heteroatoms. The molecule has 1 amide bonds. The molecular formula is C19H27N3O2. The van der Waals surface area contributed by atoms with Crippen molar-refractivity contribution in [3.8, 4) is 0 Å². The first-order valence-corrected chi connectivity index (χ1v) is 8.41. The van der Waals surface area contributed by atoms with Gasteiger partial charge >= 0.3 is 0 Å². The molecule has 2 aromatic heterocycles. The Morgan fingerprint density at radius 2 is 2.08 bits per heavy atom. The van der Waals surface area contributed by atoms with E-state index in [1.165, 1.54) is 0 Å². The van der Waals surface area contributed by atoms with Gasteiger partial charge in [0.15, 0.2) is 0 Å². The van der Waals surface area contributed by atoms with Crippen molar-refractivity contribution >= 4 is 5.91 Å². The maximum absolute atomic E-state index is 12.4. The van der Waals surface area contributed by atoms with Gasteiger partial charge in [-0.25, -0.2) is 0 Å². The number of aromatic nitrogens is 2. The fraction of sp³-hybridized carbons (Fsp3) is 0.474. The van der Waals surface area contributed by atoms with Gasteiger partial charge in [0.2, 0.25) is 0 Å². The van der Waals surface area contributed by atoms with Crippen molar-refractivity contribution in [2.24, 2.45) is 5.92 Å². The number of carbonyl (C=O) groups is 1. The van der Waals surface area contributed by atoms with Gasteiger partial charge in [-0.15, -0.1) is 0 Å². The fourth-order valence-corrected chi connectivity index (χ4v) is 2.86. The van der Waals surface area contributed by atoms with E-state index in [1.54, 1.807) is 6.20 Å². The van der Waals surface area contributed by atoms with E-state index in [0.29, 0.717) is 24.4 Å². The van der Waals surface area contributed by atoms with Crippen LogP contribution in [0.5, 0.6) is 0 Å². The van der Waals surface area contributed by atoms with Gasteiger partial charge < -0.3 is 15.0 Å². The van der Waals surface area contributed by atoms with E-state index in [9.17, 15) is 9.90 Å². The van der Waals surface area contributed by atoms with E-state index in [-0.39, 0.29) is 12.5 Å². The van der Waals surface area contributed by atoms with Crippen LogP contribution in [0.15, 0.2) is 30.5 Å². The minimum Gasteiger partial charge on any atom is -0.391 e. The molecule has 0 bridgehead atoms. The van der Waals surface area contributed by atoms with Gasteiger partial charge in [-0.2, -0.15) is 0 Å². The third-order valence-corrected chi connectivity index (χ3v) is 4.11. The van der Waals surface area contributed by atoms with E-state index < -0.39 is 6.10 Å². The zero-order chi connectivity index (χ0) is 17.7. The summed E-state index contributed by atoms with van der Waals surface area (Å²) in [4.78, 5) is 16.8. The molecule has 130 valence electrons. The summed E-state index contributed by atoms with van der Waals surface area (Å²) in [5.41, 5.74) is 3.54. The predicted octanol–water partition coefficient (Wildman–Crippen LogP) is 2.69. The SMILES string of the molecule is Cc1cc(C(=O)NCC(O)CC(C)C)c(C)n1Cc1ccccn1. The quantitative estimate of drug-likeness (QED) is 0.821. The van der Waals surface area contributed by atoms with Crippen LogP contribution in [-0.4, -0.2) is 33.2 Å². The summed E-state index contributed by atoms with van der Waals surface area (Å²) in [6.07, 6.45) is 1.94. The zero-order valence-electron chi connectivity index (χ0n) is 14.9. The number of aryl methyl sites for hydroxylation is 1. The molecule has 0 radical (unpaired) electrons. The Kier molecular flexibility index (Phi) is 6.15. The summed E-state index contributed by atoms with van der Waals surface area (Å²) < 4.78 is 2.09. The Morgan fingerprint density at radius 1 is 1.33 bits per heavy atom. The molecule has 5 nitrogen and oxygen atoms in total. The molecule has 0 aromatic carbocycles. The third kappa shape index (κ3) is 4.68. The lowest BCUT2D eigenvalue weighted by atomic mass is 10.1. The number of nitrogens with one attached hydrogen (secondary N) is 1. The minimum atomic E-state index is -0.508. The van der Waals surface area contributed by atoms with E-state index in [0.717, 1.165) is 17.1 Å². The van der Waals surface area contributed by atoms with Gasteiger partial charge in [-0.1, -0.05) is 19.9 Å². The highest BCUT2D eigenvalue weighted by Crippen LogP contribution is 2.16. The summed E-state index contributed by atoms with van der Waals surface area (Å²) >= 11 is 0. The lowest BCUT2D eigenvalue weighted by Gasteiger charge is -2.14. The highest BCUT2D eigenvalue weighted by Gasteiger charge is 2.17. The summed E-state index contributed by atoms with van der Waals surface area (Å²) in [5, 5.41) is 12.7. The summed E-state index contributed by atoms with van der Waals surface area (Å²) in [7, 11) is 0. The van der Waals surface area contributed by atoms with Crippen molar-refractivity contribution in [3.63, 3.8) is 0 Å². The largest absolute Gasteiger partial charge is 0.391 e. The van der Waals surface area contributed by atoms with E-state index >= 15 is 0 Å². The number of aliphatic hydroxyl groups is 1. The summed E-state index contributed by atoms with van der Waals surface area (Å²) in [5.74, 6) is 0.263. The summed E-state index contributed by atoms with van der Waals surface area (Å²) in [6, 6.07) is 7.71. The van der Waals surface area contributed by atoms with Crippen molar-refractivity contribution in [1.29, 1.82) is 0 Å². The second kappa shape index (κ2) is 8.11. The second-order valence-electron chi connectivity index (χ2n) is 6.69. The molecular weight excluding hydrogens is 302 g/mol. The molecule has 2 heterocycles. The van der Waals surface area contributed by atoms with Crippen LogP contribution in [0.25, 0.3) is 0 Å². The van der Waals surface area contributed by atoms with Crippen molar-refractivity contribution in [3.05, 3.63) is 53.1 Å². The van der Waals surface area contributed by atoms with Crippen molar-refractivity contribution < 1.29 is 9.90 Å². The van der Waals surface area contributed by atoms with Crippen LogP contribution in [0.1, 0.15) is 47.7 Å². The maximum atomic E-state index is 12.4. The lowest BCUT2D eigenvalue weighted by molar-refractivity contribution is 0.0899. The average Bonchev–Trinajstić information content (AvgIpc) is 2.81. The number of carbonyl (C=O) groups excluding carboxylic acids is 1. The second-order valence-corrected chi connectivity index (χ2v) is 6.69. The first-order valence-electron chi connectivity index (χ1n) is 8.41. The topological polar surface area (TPSA) is 67.2 Å². The molecule has 0 aliphatic heterocycles. The van der Waals surface area contributed by atoms with Crippen molar-refractivity contribution in [2.45, 2.75) is 46.8 Å². The lowest BCUT2D eigenvalue weighted by Crippen LogP contribution is -2.33. The molecule has 2 aromatic rings. The monoisotopic (exact) mass is 329 g/mol. The van der Waals surface area contributed by atoms with Gasteiger partial charge in [0, 0.05) is 24.1 Å². The first kappa shape index (κ1) is 18.2. The van der Waals surface area contributed by atoms with Gasteiger partial charge in [0.25, 0.3) is 5.91 Å². The van der Waals surface area contributed by atoms with Crippen LogP contribution in [0, 0.1) is 19.8 Å². The maximum Gasteiger partial charge on any atom is 0.253 e. The van der Waals surface area contributed by atoms with E-state index in [1.807, 2.05) is 38.1 Å². The third-order valence-electron chi connectivity index (χ3n) is 4.11. The van der Waals surface area contributed by atoms with Gasteiger partial charge in [-0.05, 0) is 44.4 Å². The molecule has 0 aliphatic rings. The normalized spacial score (nSPS) is 12.4. The van der Waals surface area contributed by atoms with E-state index in [4.69, 9.17) is 0 Å². The number of nitrogens with zero attached hydrogens (tertiary/aromatic N) is 2. The standard InChI is InChI=1S/C19H27N3O2/c1-13(2)9-17(23)11-21-19(24)18-10-14(3)22(15(18)4)12-16-7-5-6-8-20-16/h5-8,10,13,17,23H,9,11-12H2,1-4H3,(H,21,24). The molecule has 2 rings (SSSR count). The Balaban J connectivity index is 2.06. The molecule has 0 aliphatic carbocycles. The molecule has 0 spiro atoms. The summed E-state index contributed by atoms with van der Waals surface area (Å²) in [6.45, 7) is 8.95. The van der Waals surface area contributed by atoms with Crippen LogP contribution in [-0.2, 0) is 6.54 Å². The highest BCUT2D eigenvalue weighted by molar-refractivity contribution is 5.95. The number of aliphatic hydroxyl groups excluding tert-OH is 1. The van der Waals surface area contributed by atoms with Gasteiger partial charge in [-0.3, -0.25) is 9.78 Å². The van der Waals surface area contributed by atoms with Crippen molar-refractivity contribution in [1.82, 2.24) is 14.9 Å². The molecule has 0 saturated heterocycles. The number of rotatable bonds is 7. The number of hydrogen-bond acceptors (Lipinski definition) is 3. The first-order chi connectivity index (χ1) is 11.4. The van der Waals surface area contributed by atoms with Crippen LogP contribution in [0.2, 0.25) is 0 Å². The highest BCUT2D eigenvalue weighted by atomic mass is 16.3. The van der Waals surface area contributed by atoms with Crippen LogP contribution >= 0.6 is 0 Å². The molecule has 0 saturated carbocycles. The van der Waals surface area contributed by atoms with Gasteiger partial charge in [0.05, 0.1) is 23.9 Å². The molecule has 24 heavy (non-hydrogen) atoms. The van der Waals surface area contributed by atoms with Crippen LogP contribution < -0.4 is 5.32 Å². The number of pyridine rings is 1. The van der Waals surface area contributed by atoms with Crippen LogP contribution in [0.3, 0.4) is 0 Å². The Labute approximate surface area is 143 Å². The number of hydrogen-bond donors (Lipinski definition) is 2. The Hall–Kier alpha value is -2.14. The number of amides is 1. The predicted molar refractivity (Wildman–Crippen MR) is 95.0 cm³/mol. The van der Waals surface area contributed by atoms with E-state index in [2.05, 4.69) is 28.7 Å². The van der Waals surface area contributed by atoms with Gasteiger partial charge in [0.1, 0.15) is 0 Å². The molecule has 1 atom stereocenters. The molecule has 1 unspecified atom stereocenters. The Morgan fingerprint density at radius 3 is 2.71 bits per heavy atom. The molecule has 0 fully saturated rings. The Bertz CT molecular complexity index is 677. The average molecular weight is 329 g/mol. The smallest absolute Gasteiger partial charge is 0.253 e. The van der Waals surface area contributed by atoms with Crippen LogP contribution in [0.4, 0.5) is 0 Å². The zero-order valence-corrected chi connectivity index (χ0v) is 14.9.